The maximum atomic E-state index is 13.1. The zero-order chi connectivity index (χ0) is 22.8. The van der Waals surface area contributed by atoms with Gasteiger partial charge in [-0.1, -0.05) is 11.6 Å². The van der Waals surface area contributed by atoms with Gasteiger partial charge in [-0.25, -0.2) is 8.42 Å². The molecular formula is C20H20ClF3N2O4S. The highest BCUT2D eigenvalue weighted by molar-refractivity contribution is 7.92. The molecule has 0 atom stereocenters. The van der Waals surface area contributed by atoms with Gasteiger partial charge in [0.1, 0.15) is 5.75 Å². The van der Waals surface area contributed by atoms with Crippen molar-refractivity contribution >= 4 is 33.2 Å². The molecule has 1 saturated heterocycles. The molecule has 1 N–H and O–H groups in total. The third-order valence-corrected chi connectivity index (χ3v) is 6.59. The van der Waals surface area contributed by atoms with Crippen molar-refractivity contribution in [3.05, 3.63) is 52.5 Å². The Morgan fingerprint density at radius 2 is 1.77 bits per heavy atom. The second-order valence-electron chi connectivity index (χ2n) is 7.01. The number of amides is 1. The van der Waals surface area contributed by atoms with Crippen LogP contribution in [0.5, 0.6) is 5.75 Å². The summed E-state index contributed by atoms with van der Waals surface area (Å²) < 4.78 is 72.1. The molecule has 0 aliphatic carbocycles. The molecular weight excluding hydrogens is 457 g/mol. The lowest BCUT2D eigenvalue weighted by molar-refractivity contribution is -0.137. The maximum Gasteiger partial charge on any atom is 0.417 e. The largest absolute Gasteiger partial charge is 0.496 e. The number of methoxy groups -OCH3 is 1. The molecule has 0 radical (unpaired) electrons. The Morgan fingerprint density at radius 1 is 1.10 bits per heavy atom. The van der Waals surface area contributed by atoms with Crippen molar-refractivity contribution in [2.75, 3.05) is 24.9 Å². The number of carbonyl (C=O) groups is 1. The summed E-state index contributed by atoms with van der Waals surface area (Å²) in [4.78, 5) is 14.2. The number of alkyl halides is 3. The van der Waals surface area contributed by atoms with E-state index >= 15 is 0 Å². The number of nitrogens with zero attached hydrogens (tertiary/aromatic N) is 1. The second kappa shape index (κ2) is 8.96. The minimum absolute atomic E-state index is 0.0689. The summed E-state index contributed by atoms with van der Waals surface area (Å²) in [5.41, 5.74) is -1.40. The van der Waals surface area contributed by atoms with Gasteiger partial charge in [0.2, 0.25) is 0 Å². The number of hydrogen-bond acceptors (Lipinski definition) is 4. The fourth-order valence-corrected chi connectivity index (χ4v) is 4.61. The summed E-state index contributed by atoms with van der Waals surface area (Å²) in [5.74, 6) is -0.153. The number of anilines is 1. The Balaban J connectivity index is 1.94. The van der Waals surface area contributed by atoms with Crippen molar-refractivity contribution in [1.29, 1.82) is 0 Å². The summed E-state index contributed by atoms with van der Waals surface area (Å²) >= 11 is 5.58. The molecule has 1 aliphatic rings. The van der Waals surface area contributed by atoms with E-state index in [0.717, 1.165) is 31.4 Å². The first-order chi connectivity index (χ1) is 14.5. The molecule has 2 aromatic rings. The summed E-state index contributed by atoms with van der Waals surface area (Å²) in [6.45, 7) is 1.12. The third kappa shape index (κ3) is 5.24. The van der Waals surface area contributed by atoms with Crippen LogP contribution in [0.3, 0.4) is 0 Å². The predicted molar refractivity (Wildman–Crippen MR) is 110 cm³/mol. The molecule has 1 amide bonds. The van der Waals surface area contributed by atoms with E-state index in [-0.39, 0.29) is 27.8 Å². The van der Waals surface area contributed by atoms with E-state index in [9.17, 15) is 26.4 Å². The smallest absolute Gasteiger partial charge is 0.417 e. The summed E-state index contributed by atoms with van der Waals surface area (Å²) in [6, 6.07) is 6.42. The molecule has 1 heterocycles. The Bertz CT molecular complexity index is 1080. The first-order valence-electron chi connectivity index (χ1n) is 9.40. The van der Waals surface area contributed by atoms with Crippen LogP contribution in [0.25, 0.3) is 0 Å². The van der Waals surface area contributed by atoms with Crippen LogP contribution in [0.2, 0.25) is 5.02 Å². The number of nitrogens with one attached hydrogen (secondary N) is 1. The van der Waals surface area contributed by atoms with Crippen LogP contribution in [0.4, 0.5) is 18.9 Å². The van der Waals surface area contributed by atoms with Gasteiger partial charge in [0.15, 0.2) is 0 Å². The summed E-state index contributed by atoms with van der Waals surface area (Å²) in [7, 11) is -2.92. The van der Waals surface area contributed by atoms with E-state index in [1.807, 2.05) is 0 Å². The average Bonchev–Trinajstić information content (AvgIpc) is 2.73. The van der Waals surface area contributed by atoms with Gasteiger partial charge in [-0.05, 0) is 55.7 Å². The minimum atomic E-state index is -4.74. The van der Waals surface area contributed by atoms with E-state index < -0.39 is 26.8 Å². The second-order valence-corrected chi connectivity index (χ2v) is 9.10. The van der Waals surface area contributed by atoms with Crippen LogP contribution in [-0.4, -0.2) is 39.4 Å². The first kappa shape index (κ1) is 23.2. The van der Waals surface area contributed by atoms with Crippen molar-refractivity contribution in [2.24, 2.45) is 0 Å². The van der Waals surface area contributed by atoms with Gasteiger partial charge in [0.05, 0.1) is 28.2 Å². The van der Waals surface area contributed by atoms with Gasteiger partial charge in [-0.3, -0.25) is 9.52 Å². The standard InChI is InChI=1S/C20H20ClF3N2O4S/c1-30-18-8-6-14(12-15(18)19(27)26-9-3-2-4-10-26)31(28,29)25-13-5-7-17(21)16(11-13)20(22,23)24/h5-8,11-12,25H,2-4,9-10H2,1H3. The molecule has 1 fully saturated rings. The zero-order valence-electron chi connectivity index (χ0n) is 16.5. The number of benzene rings is 2. The first-order valence-corrected chi connectivity index (χ1v) is 11.3. The molecule has 1 aliphatic heterocycles. The van der Waals surface area contributed by atoms with Gasteiger partial charge < -0.3 is 9.64 Å². The van der Waals surface area contributed by atoms with Crippen molar-refractivity contribution < 1.29 is 31.1 Å². The highest BCUT2D eigenvalue weighted by atomic mass is 35.5. The van der Waals surface area contributed by atoms with Crippen molar-refractivity contribution in [3.8, 4) is 5.75 Å². The molecule has 6 nitrogen and oxygen atoms in total. The topological polar surface area (TPSA) is 75.7 Å². The summed E-state index contributed by atoms with van der Waals surface area (Å²) in [5, 5.41) is -0.547. The quantitative estimate of drug-likeness (QED) is 0.673. The predicted octanol–water partition coefficient (Wildman–Crippen LogP) is 4.79. The number of halogens is 4. The average molecular weight is 477 g/mol. The van der Waals surface area contributed by atoms with E-state index in [4.69, 9.17) is 16.3 Å². The van der Waals surface area contributed by atoms with Crippen LogP contribution < -0.4 is 9.46 Å². The molecule has 168 valence electrons. The highest BCUT2D eigenvalue weighted by Crippen LogP contribution is 2.36. The lowest BCUT2D eigenvalue weighted by Gasteiger charge is -2.27. The van der Waals surface area contributed by atoms with Gasteiger partial charge in [-0.15, -0.1) is 0 Å². The van der Waals surface area contributed by atoms with Crippen LogP contribution in [0.15, 0.2) is 41.3 Å². The fourth-order valence-electron chi connectivity index (χ4n) is 3.31. The fraction of sp³-hybridized carbons (Fsp3) is 0.350. The van der Waals surface area contributed by atoms with Gasteiger partial charge in [-0.2, -0.15) is 13.2 Å². The molecule has 2 aromatic carbocycles. The Kier molecular flexibility index (Phi) is 6.70. The molecule has 0 aromatic heterocycles. The van der Waals surface area contributed by atoms with Crippen LogP contribution in [0, 0.1) is 0 Å². The molecule has 0 bridgehead atoms. The van der Waals surface area contributed by atoms with E-state index in [1.54, 1.807) is 4.90 Å². The lowest BCUT2D eigenvalue weighted by Crippen LogP contribution is -2.35. The molecule has 3 rings (SSSR count). The Labute approximate surface area is 183 Å². The van der Waals surface area contributed by atoms with E-state index in [0.29, 0.717) is 19.2 Å². The van der Waals surface area contributed by atoms with Gasteiger partial charge in [0, 0.05) is 18.8 Å². The van der Waals surface area contributed by atoms with E-state index in [1.165, 1.54) is 25.3 Å². The lowest BCUT2D eigenvalue weighted by atomic mass is 10.1. The van der Waals surface area contributed by atoms with Crippen LogP contribution in [-0.2, 0) is 16.2 Å². The van der Waals surface area contributed by atoms with Gasteiger partial charge >= 0.3 is 6.18 Å². The number of piperidine rings is 1. The van der Waals surface area contributed by atoms with Gasteiger partial charge in [0.25, 0.3) is 15.9 Å². The minimum Gasteiger partial charge on any atom is -0.496 e. The van der Waals surface area contributed by atoms with Crippen LogP contribution in [0.1, 0.15) is 35.2 Å². The SMILES string of the molecule is COc1ccc(S(=O)(=O)Nc2ccc(Cl)c(C(F)(F)F)c2)cc1C(=O)N1CCCCC1. The van der Waals surface area contributed by atoms with Crippen molar-refractivity contribution in [2.45, 2.75) is 30.3 Å². The monoisotopic (exact) mass is 476 g/mol. The number of likely N-dealkylation sites (tertiary alicyclic amines) is 1. The number of rotatable bonds is 5. The number of ether oxygens (including phenoxy) is 1. The maximum absolute atomic E-state index is 13.1. The summed E-state index contributed by atoms with van der Waals surface area (Å²) in [6.07, 6.45) is -2.02. The molecule has 0 unspecified atom stereocenters. The number of sulfonamides is 1. The van der Waals surface area contributed by atoms with Crippen molar-refractivity contribution in [1.82, 2.24) is 4.90 Å². The number of hydrogen-bond donors (Lipinski definition) is 1. The Morgan fingerprint density at radius 3 is 2.39 bits per heavy atom. The van der Waals surface area contributed by atoms with Crippen molar-refractivity contribution in [3.63, 3.8) is 0 Å². The highest BCUT2D eigenvalue weighted by Gasteiger charge is 2.34. The molecule has 0 spiro atoms. The zero-order valence-corrected chi connectivity index (χ0v) is 18.1. The molecule has 0 saturated carbocycles. The molecule has 11 heteroatoms. The van der Waals surface area contributed by atoms with Crippen LogP contribution >= 0.6 is 11.6 Å². The van der Waals surface area contributed by atoms with E-state index in [2.05, 4.69) is 4.72 Å². The third-order valence-electron chi connectivity index (χ3n) is 4.88. The Hall–Kier alpha value is -2.46. The normalized spacial score (nSPS) is 14.9. The molecule has 31 heavy (non-hydrogen) atoms. The number of carbonyl (C=O) groups excluding carboxylic acids is 1.